The molecule has 1 fully saturated rings. The molecule has 0 aliphatic carbocycles. The lowest BCUT2D eigenvalue weighted by atomic mass is 10.1. The molecule has 0 radical (unpaired) electrons. The lowest BCUT2D eigenvalue weighted by molar-refractivity contribution is -0.154. The van der Waals surface area contributed by atoms with Crippen LogP contribution in [0.25, 0.3) is 0 Å². The molecule has 0 spiro atoms. The van der Waals surface area contributed by atoms with Crippen molar-refractivity contribution < 1.29 is 19.4 Å². The fourth-order valence-electron chi connectivity index (χ4n) is 2.08. The van der Waals surface area contributed by atoms with Gasteiger partial charge in [0.05, 0.1) is 6.61 Å². The summed E-state index contributed by atoms with van der Waals surface area (Å²) in [6.07, 6.45) is -0.476. The van der Waals surface area contributed by atoms with Crippen LogP contribution in [0.15, 0.2) is 30.3 Å². The molecule has 1 aromatic rings. The van der Waals surface area contributed by atoms with Crippen LogP contribution in [0.2, 0.25) is 0 Å². The van der Waals surface area contributed by atoms with Crippen LogP contribution in [0.3, 0.4) is 0 Å². The van der Waals surface area contributed by atoms with Gasteiger partial charge in [0.15, 0.2) is 5.79 Å². The number of nitrogens with one attached hydrogen (secondary N) is 1. The molecule has 5 nitrogen and oxygen atoms in total. The van der Waals surface area contributed by atoms with Crippen molar-refractivity contribution in [3.8, 4) is 0 Å². The highest BCUT2D eigenvalue weighted by Gasteiger charge is 2.40. The van der Waals surface area contributed by atoms with Gasteiger partial charge in [0.1, 0.15) is 12.1 Å². The Morgan fingerprint density at radius 1 is 1.47 bits per heavy atom. The Hall–Kier alpha value is -1.43. The van der Waals surface area contributed by atoms with E-state index in [0.29, 0.717) is 6.54 Å². The summed E-state index contributed by atoms with van der Waals surface area (Å²) in [4.78, 5) is 11.3. The normalized spacial score (nSPS) is 23.2. The molecule has 104 valence electrons. The number of carbonyl (C=O) groups is 1. The Kier molecular flexibility index (Phi) is 4.19. The first-order chi connectivity index (χ1) is 8.98. The van der Waals surface area contributed by atoms with Gasteiger partial charge < -0.3 is 14.6 Å². The molecule has 0 bridgehead atoms. The Bertz CT molecular complexity index is 432. The maximum Gasteiger partial charge on any atom is 0.323 e. The molecule has 0 aromatic heterocycles. The molecule has 0 saturated carbocycles. The van der Waals surface area contributed by atoms with Crippen LogP contribution < -0.4 is 5.32 Å². The molecule has 0 unspecified atom stereocenters. The van der Waals surface area contributed by atoms with Gasteiger partial charge >= 0.3 is 5.97 Å². The van der Waals surface area contributed by atoms with Crippen LogP contribution in [0, 0.1) is 0 Å². The highest BCUT2D eigenvalue weighted by molar-refractivity contribution is 5.74. The number of hydrogen-bond donors (Lipinski definition) is 2. The molecule has 1 heterocycles. The largest absolute Gasteiger partial charge is 0.480 e. The minimum atomic E-state index is -0.928. The lowest BCUT2D eigenvalue weighted by Crippen LogP contribution is -2.47. The van der Waals surface area contributed by atoms with Crippen LogP contribution in [0.4, 0.5) is 0 Å². The number of hydrogen-bond acceptors (Lipinski definition) is 4. The van der Waals surface area contributed by atoms with Gasteiger partial charge in [0.25, 0.3) is 0 Å². The van der Waals surface area contributed by atoms with Crippen molar-refractivity contribution in [2.75, 3.05) is 6.61 Å². The van der Waals surface area contributed by atoms with E-state index < -0.39 is 23.9 Å². The molecule has 5 heteroatoms. The molecule has 19 heavy (non-hydrogen) atoms. The van der Waals surface area contributed by atoms with Crippen LogP contribution in [-0.2, 0) is 20.8 Å². The highest BCUT2D eigenvalue weighted by Crippen LogP contribution is 2.24. The van der Waals surface area contributed by atoms with E-state index in [9.17, 15) is 9.90 Å². The first kappa shape index (κ1) is 14.0. The molecule has 2 rings (SSSR count). The van der Waals surface area contributed by atoms with Gasteiger partial charge in [-0.2, -0.15) is 0 Å². The van der Waals surface area contributed by atoms with Gasteiger partial charge in [-0.25, -0.2) is 0 Å². The third kappa shape index (κ3) is 3.76. The van der Waals surface area contributed by atoms with Crippen LogP contribution >= 0.6 is 0 Å². The number of aliphatic carboxylic acids is 1. The second-order valence-corrected chi connectivity index (χ2v) is 5.05. The van der Waals surface area contributed by atoms with Crippen molar-refractivity contribution in [2.24, 2.45) is 0 Å². The zero-order valence-corrected chi connectivity index (χ0v) is 11.1. The molecule has 0 amide bonds. The topological polar surface area (TPSA) is 67.8 Å². The quantitative estimate of drug-likeness (QED) is 0.842. The van der Waals surface area contributed by atoms with Crippen molar-refractivity contribution in [1.82, 2.24) is 5.32 Å². The monoisotopic (exact) mass is 265 g/mol. The first-order valence-corrected chi connectivity index (χ1v) is 6.30. The summed E-state index contributed by atoms with van der Waals surface area (Å²) in [7, 11) is 0. The minimum Gasteiger partial charge on any atom is -0.480 e. The average Bonchev–Trinajstić information content (AvgIpc) is 2.71. The van der Waals surface area contributed by atoms with Gasteiger partial charge in [-0.1, -0.05) is 30.3 Å². The molecule has 2 N–H and O–H groups in total. The number of carboxylic acids is 1. The Morgan fingerprint density at radius 3 is 2.68 bits per heavy atom. The Labute approximate surface area is 112 Å². The van der Waals surface area contributed by atoms with Gasteiger partial charge in [0.2, 0.25) is 0 Å². The summed E-state index contributed by atoms with van der Waals surface area (Å²) in [5, 5.41) is 12.3. The fraction of sp³-hybridized carbons (Fsp3) is 0.500. The summed E-state index contributed by atoms with van der Waals surface area (Å²) in [5.41, 5.74) is 1.03. The zero-order valence-electron chi connectivity index (χ0n) is 11.1. The van der Waals surface area contributed by atoms with Crippen molar-refractivity contribution in [3.05, 3.63) is 35.9 Å². The SMILES string of the molecule is CC1(C)OC[C@H]([C@H](NCc2ccccc2)C(=O)O)O1. The maximum atomic E-state index is 11.3. The zero-order chi connectivity index (χ0) is 13.9. The van der Waals surface area contributed by atoms with Crippen molar-refractivity contribution in [1.29, 1.82) is 0 Å². The highest BCUT2D eigenvalue weighted by atomic mass is 16.7. The molecule has 1 aromatic carbocycles. The van der Waals surface area contributed by atoms with Crippen molar-refractivity contribution in [2.45, 2.75) is 38.3 Å². The maximum absolute atomic E-state index is 11.3. The van der Waals surface area contributed by atoms with E-state index in [2.05, 4.69) is 5.32 Å². The summed E-state index contributed by atoms with van der Waals surface area (Å²) in [5.74, 6) is -1.64. The standard InChI is InChI=1S/C14H19NO4/c1-14(2)18-9-11(19-14)12(13(16)17)15-8-10-6-4-3-5-7-10/h3-7,11-12,15H,8-9H2,1-2H3,(H,16,17)/t11-,12+/m1/s1. The number of rotatable bonds is 5. The van der Waals surface area contributed by atoms with E-state index in [1.165, 1.54) is 0 Å². The van der Waals surface area contributed by atoms with E-state index >= 15 is 0 Å². The van der Waals surface area contributed by atoms with Crippen molar-refractivity contribution >= 4 is 5.97 Å². The van der Waals surface area contributed by atoms with E-state index in [-0.39, 0.29) is 6.61 Å². The lowest BCUT2D eigenvalue weighted by Gasteiger charge is -2.22. The predicted octanol–water partition coefficient (Wildman–Crippen LogP) is 1.38. The Balaban J connectivity index is 1.96. The smallest absolute Gasteiger partial charge is 0.323 e. The first-order valence-electron chi connectivity index (χ1n) is 6.30. The second kappa shape index (κ2) is 5.69. The van der Waals surface area contributed by atoms with Crippen LogP contribution in [-0.4, -0.2) is 35.6 Å². The third-order valence-corrected chi connectivity index (χ3v) is 3.04. The molecule has 1 aliphatic heterocycles. The van der Waals surface area contributed by atoms with Gasteiger partial charge in [0, 0.05) is 6.54 Å². The van der Waals surface area contributed by atoms with Crippen LogP contribution in [0.1, 0.15) is 19.4 Å². The summed E-state index contributed by atoms with van der Waals surface area (Å²) in [6.45, 7) is 4.33. The molecule has 2 atom stereocenters. The van der Waals surface area contributed by atoms with E-state index in [1.807, 2.05) is 30.3 Å². The van der Waals surface area contributed by atoms with E-state index in [4.69, 9.17) is 9.47 Å². The molecular weight excluding hydrogens is 246 g/mol. The Morgan fingerprint density at radius 2 is 2.16 bits per heavy atom. The molecule has 1 saturated heterocycles. The van der Waals surface area contributed by atoms with E-state index in [1.54, 1.807) is 13.8 Å². The third-order valence-electron chi connectivity index (χ3n) is 3.04. The fourth-order valence-corrected chi connectivity index (χ4v) is 2.08. The molecular formula is C14H19NO4. The van der Waals surface area contributed by atoms with Gasteiger partial charge in [-0.3, -0.25) is 10.1 Å². The summed E-state index contributed by atoms with van der Waals surface area (Å²) >= 11 is 0. The molecule has 1 aliphatic rings. The number of carboxylic acid groups (broad SMARTS) is 1. The van der Waals surface area contributed by atoms with Gasteiger partial charge in [-0.15, -0.1) is 0 Å². The predicted molar refractivity (Wildman–Crippen MR) is 69.6 cm³/mol. The van der Waals surface area contributed by atoms with E-state index in [0.717, 1.165) is 5.56 Å². The number of ether oxygens (including phenoxy) is 2. The summed E-state index contributed by atoms with van der Waals surface area (Å²) < 4.78 is 11.0. The summed E-state index contributed by atoms with van der Waals surface area (Å²) in [6, 6.07) is 8.89. The minimum absolute atomic E-state index is 0.283. The average molecular weight is 265 g/mol. The van der Waals surface area contributed by atoms with Crippen LogP contribution in [0.5, 0.6) is 0 Å². The second-order valence-electron chi connectivity index (χ2n) is 5.05. The van der Waals surface area contributed by atoms with Crippen molar-refractivity contribution in [3.63, 3.8) is 0 Å². The number of benzene rings is 1. The van der Waals surface area contributed by atoms with Gasteiger partial charge in [-0.05, 0) is 19.4 Å².